The Morgan fingerprint density at radius 3 is 1.77 bits per heavy atom. The highest BCUT2D eigenvalue weighted by molar-refractivity contribution is 4.78. The van der Waals surface area contributed by atoms with Gasteiger partial charge in [-0.2, -0.15) is 0 Å². The molecule has 3 atom stereocenters. The van der Waals surface area contributed by atoms with E-state index in [0.29, 0.717) is 6.42 Å². The Hall–Kier alpha value is -0.160. The number of aliphatic hydroxyl groups is 4. The van der Waals surface area contributed by atoms with E-state index in [1.54, 1.807) is 0 Å². The highest BCUT2D eigenvalue weighted by Crippen LogP contribution is 2.22. The first-order chi connectivity index (χ1) is 5.78. The summed E-state index contributed by atoms with van der Waals surface area (Å²) in [4.78, 5) is 0. The zero-order chi connectivity index (χ0) is 10.6. The van der Waals surface area contributed by atoms with Gasteiger partial charge in [0.25, 0.3) is 0 Å². The summed E-state index contributed by atoms with van der Waals surface area (Å²) in [6.45, 7) is 5.24. The molecule has 0 unspecified atom stereocenters. The molecule has 4 N–H and O–H groups in total. The molecule has 0 amide bonds. The molecule has 0 spiro atoms. The van der Waals surface area contributed by atoms with Crippen LogP contribution in [0, 0.1) is 5.41 Å². The number of hydrogen-bond acceptors (Lipinski definition) is 4. The molecule has 0 aromatic rings. The normalized spacial score (nSPS) is 19.6. The summed E-state index contributed by atoms with van der Waals surface area (Å²) in [5.74, 6) is 0. The standard InChI is InChI=1S/C9H20O4/c1-9(2,3)4-6(11)8(13)7(12)5-10/h6-8,10-13H,4-5H2,1-3H3/t6-,7-,8-/m0/s1. The predicted molar refractivity (Wildman–Crippen MR) is 49.2 cm³/mol. The van der Waals surface area contributed by atoms with Gasteiger partial charge >= 0.3 is 0 Å². The Bertz CT molecular complexity index is 141. The summed E-state index contributed by atoms with van der Waals surface area (Å²) in [6.07, 6.45) is -3.16. The van der Waals surface area contributed by atoms with Crippen LogP contribution in [0.15, 0.2) is 0 Å². The van der Waals surface area contributed by atoms with Crippen molar-refractivity contribution in [2.24, 2.45) is 5.41 Å². The second-order valence-corrected chi connectivity index (χ2v) is 4.57. The molecule has 13 heavy (non-hydrogen) atoms. The van der Waals surface area contributed by atoms with E-state index in [2.05, 4.69) is 0 Å². The van der Waals surface area contributed by atoms with E-state index in [0.717, 1.165) is 0 Å². The van der Waals surface area contributed by atoms with Crippen LogP contribution < -0.4 is 0 Å². The van der Waals surface area contributed by atoms with Gasteiger partial charge in [-0.05, 0) is 11.8 Å². The van der Waals surface area contributed by atoms with Crippen molar-refractivity contribution < 1.29 is 20.4 Å². The first kappa shape index (κ1) is 12.8. The minimum atomic E-state index is -1.27. The molecule has 4 heteroatoms. The number of aliphatic hydroxyl groups excluding tert-OH is 4. The van der Waals surface area contributed by atoms with Crippen molar-refractivity contribution in [2.75, 3.05) is 6.61 Å². The lowest BCUT2D eigenvalue weighted by Gasteiger charge is -2.27. The van der Waals surface area contributed by atoms with E-state index < -0.39 is 24.9 Å². The largest absolute Gasteiger partial charge is 0.394 e. The van der Waals surface area contributed by atoms with Crippen LogP contribution in [0.2, 0.25) is 0 Å². The summed E-state index contributed by atoms with van der Waals surface area (Å²) in [5, 5.41) is 36.3. The average molecular weight is 192 g/mol. The summed E-state index contributed by atoms with van der Waals surface area (Å²) in [7, 11) is 0. The first-order valence-electron chi connectivity index (χ1n) is 4.43. The maximum Gasteiger partial charge on any atom is 0.108 e. The van der Waals surface area contributed by atoms with Crippen molar-refractivity contribution in [1.29, 1.82) is 0 Å². The average Bonchev–Trinajstić information content (AvgIpc) is 1.98. The third kappa shape index (κ3) is 5.21. The lowest BCUT2D eigenvalue weighted by molar-refractivity contribution is -0.0860. The van der Waals surface area contributed by atoms with Gasteiger partial charge in [-0.3, -0.25) is 0 Å². The van der Waals surface area contributed by atoms with E-state index in [-0.39, 0.29) is 5.41 Å². The van der Waals surface area contributed by atoms with Gasteiger partial charge in [0, 0.05) is 0 Å². The van der Waals surface area contributed by atoms with Gasteiger partial charge in [-0.15, -0.1) is 0 Å². The molecule has 0 aliphatic rings. The molecule has 0 saturated carbocycles. The van der Waals surface area contributed by atoms with Crippen molar-refractivity contribution in [3.63, 3.8) is 0 Å². The highest BCUT2D eigenvalue weighted by Gasteiger charge is 2.27. The van der Waals surface area contributed by atoms with Gasteiger partial charge in [-0.25, -0.2) is 0 Å². The van der Waals surface area contributed by atoms with E-state index in [1.807, 2.05) is 20.8 Å². The second-order valence-electron chi connectivity index (χ2n) is 4.57. The SMILES string of the molecule is CC(C)(C)C[C@H](O)[C@H](O)[C@@H](O)CO. The molecule has 80 valence electrons. The topological polar surface area (TPSA) is 80.9 Å². The highest BCUT2D eigenvalue weighted by atomic mass is 16.4. The predicted octanol–water partition coefficient (Wildman–Crippen LogP) is -0.502. The molecular weight excluding hydrogens is 172 g/mol. The maximum atomic E-state index is 9.43. The van der Waals surface area contributed by atoms with Crippen molar-refractivity contribution in [2.45, 2.75) is 45.5 Å². The molecule has 0 aromatic heterocycles. The van der Waals surface area contributed by atoms with Crippen molar-refractivity contribution in [3.8, 4) is 0 Å². The molecule has 0 heterocycles. The van der Waals surface area contributed by atoms with Gasteiger partial charge < -0.3 is 20.4 Å². The van der Waals surface area contributed by atoms with Crippen LogP contribution in [0.1, 0.15) is 27.2 Å². The van der Waals surface area contributed by atoms with Crippen LogP contribution in [0.3, 0.4) is 0 Å². The van der Waals surface area contributed by atoms with Crippen molar-refractivity contribution >= 4 is 0 Å². The minimum absolute atomic E-state index is 0.116. The van der Waals surface area contributed by atoms with E-state index in [4.69, 9.17) is 10.2 Å². The third-order valence-corrected chi connectivity index (χ3v) is 1.80. The van der Waals surface area contributed by atoms with Gasteiger partial charge in [0.05, 0.1) is 12.7 Å². The summed E-state index contributed by atoms with van der Waals surface area (Å²) >= 11 is 0. The quantitative estimate of drug-likeness (QED) is 0.484. The minimum Gasteiger partial charge on any atom is -0.394 e. The molecule has 0 fully saturated rings. The van der Waals surface area contributed by atoms with E-state index in [1.165, 1.54) is 0 Å². The molecule has 4 nitrogen and oxygen atoms in total. The van der Waals surface area contributed by atoms with Crippen LogP contribution >= 0.6 is 0 Å². The van der Waals surface area contributed by atoms with Gasteiger partial charge in [0.15, 0.2) is 0 Å². The fourth-order valence-electron chi connectivity index (χ4n) is 1.11. The van der Waals surface area contributed by atoms with Crippen LogP contribution in [0.4, 0.5) is 0 Å². The molecular formula is C9H20O4. The molecule has 0 bridgehead atoms. The van der Waals surface area contributed by atoms with Gasteiger partial charge in [0.2, 0.25) is 0 Å². The van der Waals surface area contributed by atoms with Gasteiger partial charge in [0.1, 0.15) is 12.2 Å². The first-order valence-corrected chi connectivity index (χ1v) is 4.43. The Kier molecular flexibility index (Phi) is 4.85. The zero-order valence-electron chi connectivity index (χ0n) is 8.44. The lowest BCUT2D eigenvalue weighted by Crippen LogP contribution is -2.41. The zero-order valence-corrected chi connectivity index (χ0v) is 8.44. The lowest BCUT2D eigenvalue weighted by atomic mass is 9.86. The Morgan fingerprint density at radius 2 is 1.46 bits per heavy atom. The van der Waals surface area contributed by atoms with Crippen molar-refractivity contribution in [1.82, 2.24) is 0 Å². The smallest absolute Gasteiger partial charge is 0.108 e. The second kappa shape index (κ2) is 4.91. The Balaban J connectivity index is 4.03. The number of rotatable bonds is 4. The van der Waals surface area contributed by atoms with Crippen LogP contribution in [-0.4, -0.2) is 45.3 Å². The monoisotopic (exact) mass is 192 g/mol. The third-order valence-electron chi connectivity index (χ3n) is 1.80. The van der Waals surface area contributed by atoms with Crippen LogP contribution in [0.5, 0.6) is 0 Å². The van der Waals surface area contributed by atoms with E-state index in [9.17, 15) is 10.2 Å². The van der Waals surface area contributed by atoms with E-state index >= 15 is 0 Å². The Morgan fingerprint density at radius 1 is 1.00 bits per heavy atom. The van der Waals surface area contributed by atoms with Gasteiger partial charge in [-0.1, -0.05) is 20.8 Å². The molecule has 0 rings (SSSR count). The van der Waals surface area contributed by atoms with Crippen molar-refractivity contribution in [3.05, 3.63) is 0 Å². The fraction of sp³-hybridized carbons (Fsp3) is 1.00. The molecule has 0 aliphatic carbocycles. The molecule has 0 aromatic carbocycles. The molecule has 0 radical (unpaired) electrons. The Labute approximate surface area is 78.8 Å². The van der Waals surface area contributed by atoms with Crippen LogP contribution in [0.25, 0.3) is 0 Å². The summed E-state index contributed by atoms with van der Waals surface area (Å²) in [6, 6.07) is 0. The fourth-order valence-corrected chi connectivity index (χ4v) is 1.11. The maximum absolute atomic E-state index is 9.43. The van der Waals surface area contributed by atoms with Crippen LogP contribution in [-0.2, 0) is 0 Å². The molecule has 0 aliphatic heterocycles. The summed E-state index contributed by atoms with van der Waals surface area (Å²) in [5.41, 5.74) is -0.116. The summed E-state index contributed by atoms with van der Waals surface area (Å²) < 4.78 is 0. The molecule has 0 saturated heterocycles. The number of hydrogen-bond donors (Lipinski definition) is 4.